The Kier molecular flexibility index (Phi) is 3.21. The molecule has 0 spiro atoms. The molecule has 3 aromatic rings. The number of aromatic amines is 1. The third-order valence-electron chi connectivity index (χ3n) is 3.96. The lowest BCUT2D eigenvalue weighted by Crippen LogP contribution is -2.33. The van der Waals surface area contributed by atoms with Gasteiger partial charge in [0.25, 0.3) is 17.4 Å². The quantitative estimate of drug-likeness (QED) is 0.722. The second kappa shape index (κ2) is 5.41. The molecule has 7 nitrogen and oxygen atoms in total. The molecule has 1 aliphatic heterocycles. The van der Waals surface area contributed by atoms with E-state index in [1.54, 1.807) is 36.4 Å². The van der Waals surface area contributed by atoms with E-state index in [0.717, 1.165) is 0 Å². The minimum absolute atomic E-state index is 0.0479. The topological polar surface area (TPSA) is 96.5 Å². The fourth-order valence-electron chi connectivity index (χ4n) is 2.76. The normalized spacial score (nSPS) is 13.2. The number of benzene rings is 2. The molecule has 4 rings (SSSR count). The van der Waals surface area contributed by atoms with Gasteiger partial charge in [0.15, 0.2) is 0 Å². The number of nitrogens with one attached hydrogen (secondary N) is 1. The Balaban J connectivity index is 1.71. The van der Waals surface area contributed by atoms with Crippen LogP contribution in [0.25, 0.3) is 10.8 Å². The van der Waals surface area contributed by atoms with Crippen molar-refractivity contribution in [3.63, 3.8) is 0 Å². The van der Waals surface area contributed by atoms with Gasteiger partial charge in [0.2, 0.25) is 0 Å². The maximum absolute atomic E-state index is 12.5. The van der Waals surface area contributed by atoms with Crippen molar-refractivity contribution < 1.29 is 19.2 Å². The number of fused-ring (bicyclic) bond motifs is 2. The molecule has 122 valence electrons. The van der Waals surface area contributed by atoms with Crippen LogP contribution in [-0.4, -0.2) is 27.8 Å². The summed E-state index contributed by atoms with van der Waals surface area (Å²) in [6, 6.07) is 12.7. The molecule has 0 radical (unpaired) electrons. The molecule has 2 heterocycles. The average molecular weight is 334 g/mol. The number of carbonyl (C=O) groups is 3. The van der Waals surface area contributed by atoms with Crippen molar-refractivity contribution in [1.82, 2.24) is 10.0 Å². The van der Waals surface area contributed by atoms with Crippen molar-refractivity contribution in [2.24, 2.45) is 0 Å². The molecule has 1 N–H and O–H groups in total. The van der Waals surface area contributed by atoms with E-state index < -0.39 is 17.8 Å². The maximum Gasteiger partial charge on any atom is 0.366 e. The van der Waals surface area contributed by atoms with Crippen LogP contribution < -0.4 is 5.56 Å². The van der Waals surface area contributed by atoms with Gasteiger partial charge in [-0.2, -0.15) is 0 Å². The van der Waals surface area contributed by atoms with Crippen LogP contribution in [0.1, 0.15) is 31.1 Å². The lowest BCUT2D eigenvalue weighted by molar-refractivity contribution is -0.0583. The van der Waals surface area contributed by atoms with Crippen LogP contribution in [0.3, 0.4) is 0 Å². The number of carbonyl (C=O) groups excluding carboxylic acids is 3. The van der Waals surface area contributed by atoms with Crippen LogP contribution in [0, 0.1) is 0 Å². The van der Waals surface area contributed by atoms with E-state index in [-0.39, 0.29) is 22.2 Å². The molecule has 2 aromatic carbocycles. The number of hydrogen-bond donors (Lipinski definition) is 1. The molecule has 0 unspecified atom stereocenters. The minimum atomic E-state index is -0.915. The number of rotatable bonds is 2. The van der Waals surface area contributed by atoms with Crippen LogP contribution >= 0.6 is 0 Å². The highest BCUT2D eigenvalue weighted by Crippen LogP contribution is 2.24. The smallest absolute Gasteiger partial charge is 0.328 e. The summed E-state index contributed by atoms with van der Waals surface area (Å²) in [6.45, 7) is 0. The molecule has 1 aromatic heterocycles. The van der Waals surface area contributed by atoms with Gasteiger partial charge in [0.05, 0.1) is 16.7 Å². The summed E-state index contributed by atoms with van der Waals surface area (Å²) in [5, 5.41) is 1.11. The second-order valence-corrected chi connectivity index (χ2v) is 5.41. The molecule has 0 saturated carbocycles. The summed E-state index contributed by atoms with van der Waals surface area (Å²) >= 11 is 0. The highest BCUT2D eigenvalue weighted by molar-refractivity contribution is 6.21. The van der Waals surface area contributed by atoms with E-state index >= 15 is 0 Å². The van der Waals surface area contributed by atoms with Gasteiger partial charge in [-0.25, -0.2) is 4.79 Å². The Bertz CT molecular complexity index is 1080. The zero-order valence-electron chi connectivity index (χ0n) is 12.7. The van der Waals surface area contributed by atoms with E-state index in [1.807, 2.05) is 0 Å². The average Bonchev–Trinajstić information content (AvgIpc) is 2.87. The van der Waals surface area contributed by atoms with Crippen LogP contribution in [0.2, 0.25) is 0 Å². The number of pyridine rings is 1. The number of imide groups is 1. The van der Waals surface area contributed by atoms with Crippen LogP contribution in [0.15, 0.2) is 59.5 Å². The fourth-order valence-corrected chi connectivity index (χ4v) is 2.76. The number of amides is 2. The van der Waals surface area contributed by atoms with Crippen LogP contribution in [0.5, 0.6) is 0 Å². The molecule has 0 aliphatic carbocycles. The van der Waals surface area contributed by atoms with Crippen molar-refractivity contribution in [1.29, 1.82) is 0 Å². The van der Waals surface area contributed by atoms with E-state index in [2.05, 4.69) is 4.98 Å². The third kappa shape index (κ3) is 2.21. The Labute approximate surface area is 140 Å². The number of hydroxylamine groups is 2. The molecule has 0 saturated heterocycles. The Morgan fingerprint density at radius 2 is 1.40 bits per heavy atom. The highest BCUT2D eigenvalue weighted by Gasteiger charge is 2.39. The lowest BCUT2D eigenvalue weighted by atomic mass is 10.1. The van der Waals surface area contributed by atoms with Gasteiger partial charge in [0, 0.05) is 17.0 Å². The summed E-state index contributed by atoms with van der Waals surface area (Å²) in [4.78, 5) is 56.3. The van der Waals surface area contributed by atoms with Gasteiger partial charge < -0.3 is 9.82 Å². The molecular formula is C18H10N2O5. The largest absolute Gasteiger partial charge is 0.366 e. The van der Waals surface area contributed by atoms with Crippen molar-refractivity contribution in [3.05, 3.63) is 81.8 Å². The summed E-state index contributed by atoms with van der Waals surface area (Å²) in [7, 11) is 0. The fraction of sp³-hybridized carbons (Fsp3) is 0. The first-order valence-electron chi connectivity index (χ1n) is 7.38. The highest BCUT2D eigenvalue weighted by atomic mass is 16.7. The van der Waals surface area contributed by atoms with Crippen molar-refractivity contribution in [3.8, 4) is 0 Å². The Morgan fingerprint density at radius 3 is 2.04 bits per heavy atom. The lowest BCUT2D eigenvalue weighted by Gasteiger charge is -2.13. The van der Waals surface area contributed by atoms with Gasteiger partial charge in [-0.15, -0.1) is 0 Å². The summed E-state index contributed by atoms with van der Waals surface area (Å²) in [5.74, 6) is -2.33. The van der Waals surface area contributed by atoms with Crippen LogP contribution in [0.4, 0.5) is 0 Å². The minimum Gasteiger partial charge on any atom is -0.328 e. The van der Waals surface area contributed by atoms with E-state index in [4.69, 9.17) is 4.84 Å². The van der Waals surface area contributed by atoms with Gasteiger partial charge in [0.1, 0.15) is 0 Å². The number of hydrogen-bond acceptors (Lipinski definition) is 5. The Morgan fingerprint density at radius 1 is 0.840 bits per heavy atom. The summed E-state index contributed by atoms with van der Waals surface area (Å²) < 4.78 is 0. The molecule has 2 amide bonds. The Hall–Kier alpha value is -3.74. The predicted octanol–water partition coefficient (Wildman–Crippen LogP) is 1.90. The van der Waals surface area contributed by atoms with Crippen LogP contribution in [-0.2, 0) is 4.84 Å². The summed E-state index contributed by atoms with van der Waals surface area (Å²) in [5.41, 5.74) is 0.0397. The third-order valence-corrected chi connectivity index (χ3v) is 3.96. The van der Waals surface area contributed by atoms with Gasteiger partial charge >= 0.3 is 5.97 Å². The monoisotopic (exact) mass is 334 g/mol. The van der Waals surface area contributed by atoms with Gasteiger partial charge in [-0.1, -0.05) is 35.4 Å². The SMILES string of the molecule is O=C(ON1C(=O)c2ccccc2C1=O)c1c[nH]c(=O)c2ccccc12. The molecule has 1 aliphatic rings. The summed E-state index contributed by atoms with van der Waals surface area (Å²) in [6.07, 6.45) is 1.20. The zero-order valence-corrected chi connectivity index (χ0v) is 12.7. The van der Waals surface area contributed by atoms with Crippen molar-refractivity contribution in [2.75, 3.05) is 0 Å². The maximum atomic E-state index is 12.5. The van der Waals surface area contributed by atoms with Crippen molar-refractivity contribution >= 4 is 28.6 Å². The van der Waals surface area contributed by atoms with E-state index in [1.165, 1.54) is 18.3 Å². The first-order chi connectivity index (χ1) is 12.1. The molecule has 25 heavy (non-hydrogen) atoms. The molecule has 7 heteroatoms. The van der Waals surface area contributed by atoms with Gasteiger partial charge in [-0.05, 0) is 18.2 Å². The number of H-pyrrole nitrogens is 1. The van der Waals surface area contributed by atoms with Gasteiger partial charge in [-0.3, -0.25) is 14.4 Å². The second-order valence-electron chi connectivity index (χ2n) is 5.41. The van der Waals surface area contributed by atoms with E-state index in [0.29, 0.717) is 15.8 Å². The van der Waals surface area contributed by atoms with Crippen molar-refractivity contribution in [2.45, 2.75) is 0 Å². The first-order valence-corrected chi connectivity index (χ1v) is 7.38. The molecule has 0 fully saturated rings. The molecule has 0 atom stereocenters. The number of aromatic nitrogens is 1. The van der Waals surface area contributed by atoms with E-state index in [9.17, 15) is 19.2 Å². The zero-order chi connectivity index (χ0) is 17.6. The number of nitrogens with zero attached hydrogens (tertiary/aromatic N) is 1. The predicted molar refractivity (Wildman–Crippen MR) is 86.9 cm³/mol. The molecular weight excluding hydrogens is 324 g/mol. The standard InChI is InChI=1S/C18H10N2O5/c21-15-11-6-2-1-5-10(11)14(9-19-15)18(24)25-20-16(22)12-7-3-4-8-13(12)17(20)23/h1-9H,(H,19,21). The first kappa shape index (κ1) is 14.8. The molecule has 0 bridgehead atoms.